The van der Waals surface area contributed by atoms with Gasteiger partial charge in [-0.2, -0.15) is 9.78 Å². The van der Waals surface area contributed by atoms with E-state index in [1.807, 2.05) is 0 Å². The highest BCUT2D eigenvalue weighted by atomic mass is 35.5. The Morgan fingerprint density at radius 1 is 1.24 bits per heavy atom. The Labute approximate surface area is 169 Å². The molecule has 0 aliphatic heterocycles. The van der Waals surface area contributed by atoms with E-state index >= 15 is 0 Å². The van der Waals surface area contributed by atoms with Gasteiger partial charge >= 0.3 is 5.97 Å². The van der Waals surface area contributed by atoms with Crippen molar-refractivity contribution in [2.45, 2.75) is 6.42 Å². The number of carbonyl (C=O) groups excluding carboxylic acids is 1. The van der Waals surface area contributed by atoms with Gasteiger partial charge in [0.15, 0.2) is 0 Å². The van der Waals surface area contributed by atoms with Crippen LogP contribution in [0.1, 0.15) is 15.9 Å². The van der Waals surface area contributed by atoms with Crippen molar-refractivity contribution in [3.8, 4) is 5.69 Å². The van der Waals surface area contributed by atoms with Crippen LogP contribution in [0.25, 0.3) is 5.69 Å². The van der Waals surface area contributed by atoms with Crippen LogP contribution in [-0.2, 0) is 11.2 Å². The lowest BCUT2D eigenvalue weighted by Crippen LogP contribution is -2.25. The van der Waals surface area contributed by atoms with Crippen molar-refractivity contribution in [2.75, 3.05) is 19.0 Å². The number of esters is 1. The van der Waals surface area contributed by atoms with Gasteiger partial charge in [0.25, 0.3) is 5.56 Å². The molecular weight excluding hydrogens is 404 g/mol. The summed E-state index contributed by atoms with van der Waals surface area (Å²) < 4.78 is 32.4. The summed E-state index contributed by atoms with van der Waals surface area (Å²) in [6, 6.07) is 9.67. The first-order valence-corrected chi connectivity index (χ1v) is 8.93. The van der Waals surface area contributed by atoms with E-state index in [2.05, 4.69) is 10.4 Å². The minimum absolute atomic E-state index is 0.140. The zero-order chi connectivity index (χ0) is 21.0. The number of anilines is 1. The van der Waals surface area contributed by atoms with Crippen LogP contribution in [0.2, 0.25) is 5.02 Å². The van der Waals surface area contributed by atoms with Gasteiger partial charge in [0, 0.05) is 12.6 Å². The second-order valence-corrected chi connectivity index (χ2v) is 6.39. The summed E-state index contributed by atoms with van der Waals surface area (Å²) >= 11 is 6.17. The molecule has 0 atom stereocenters. The van der Waals surface area contributed by atoms with Crippen LogP contribution in [0.15, 0.2) is 53.5 Å². The number of halogens is 3. The molecule has 0 unspecified atom stereocenters. The van der Waals surface area contributed by atoms with Crippen molar-refractivity contribution < 1.29 is 18.3 Å². The molecule has 1 aromatic heterocycles. The van der Waals surface area contributed by atoms with Crippen LogP contribution in [-0.4, -0.2) is 29.4 Å². The molecular formula is C20H16ClF2N3O3. The third-order valence-corrected chi connectivity index (χ3v) is 4.55. The van der Waals surface area contributed by atoms with E-state index in [4.69, 9.17) is 16.3 Å². The van der Waals surface area contributed by atoms with Crippen molar-refractivity contribution in [2.24, 2.45) is 0 Å². The number of aromatic nitrogens is 2. The van der Waals surface area contributed by atoms with Gasteiger partial charge in [-0.25, -0.2) is 13.6 Å². The number of benzene rings is 2. The predicted octanol–water partition coefficient (Wildman–Crippen LogP) is 3.61. The van der Waals surface area contributed by atoms with Crippen molar-refractivity contribution >= 4 is 23.3 Å². The fraction of sp³-hybridized carbons (Fsp3) is 0.150. The Balaban J connectivity index is 1.82. The van der Waals surface area contributed by atoms with Gasteiger partial charge in [-0.3, -0.25) is 4.79 Å². The highest BCUT2D eigenvalue weighted by molar-refractivity contribution is 6.33. The third kappa shape index (κ3) is 4.43. The molecule has 150 valence electrons. The summed E-state index contributed by atoms with van der Waals surface area (Å²) in [5, 5.41) is 6.84. The minimum atomic E-state index is -0.651. The number of methoxy groups -OCH3 is 1. The SMILES string of the molecule is COC(=O)c1ccccc1-n1ncc(NCCc2ccc(F)cc2F)c(Cl)c1=O. The molecule has 0 saturated carbocycles. The molecule has 1 heterocycles. The number of rotatable bonds is 6. The monoisotopic (exact) mass is 419 g/mol. The van der Waals surface area contributed by atoms with Gasteiger partial charge in [-0.05, 0) is 30.2 Å². The average Bonchev–Trinajstić information content (AvgIpc) is 2.72. The molecule has 0 radical (unpaired) electrons. The maximum Gasteiger partial charge on any atom is 0.340 e. The molecule has 1 N–H and O–H groups in total. The fourth-order valence-corrected chi connectivity index (χ4v) is 2.92. The summed E-state index contributed by atoms with van der Waals surface area (Å²) in [5.74, 6) is -1.91. The molecule has 0 saturated heterocycles. The topological polar surface area (TPSA) is 73.2 Å². The number of nitrogens with one attached hydrogen (secondary N) is 1. The van der Waals surface area contributed by atoms with Crippen LogP contribution in [0.3, 0.4) is 0 Å². The first-order chi connectivity index (χ1) is 13.9. The van der Waals surface area contributed by atoms with E-state index in [-0.39, 0.29) is 34.9 Å². The maximum atomic E-state index is 13.7. The van der Waals surface area contributed by atoms with Crippen LogP contribution in [0, 0.1) is 11.6 Å². The Kier molecular flexibility index (Phi) is 6.23. The minimum Gasteiger partial charge on any atom is -0.465 e. The molecule has 0 spiro atoms. The second-order valence-electron chi connectivity index (χ2n) is 6.01. The van der Waals surface area contributed by atoms with Gasteiger partial charge in [0.05, 0.1) is 30.2 Å². The molecule has 3 aromatic rings. The summed E-state index contributed by atoms with van der Waals surface area (Å²) in [6.07, 6.45) is 1.58. The van der Waals surface area contributed by atoms with E-state index in [1.54, 1.807) is 18.2 Å². The van der Waals surface area contributed by atoms with Gasteiger partial charge in [-0.1, -0.05) is 29.8 Å². The molecule has 3 rings (SSSR count). The van der Waals surface area contributed by atoms with Gasteiger partial charge in [-0.15, -0.1) is 0 Å². The van der Waals surface area contributed by atoms with E-state index in [0.29, 0.717) is 5.56 Å². The lowest BCUT2D eigenvalue weighted by Gasteiger charge is -2.12. The predicted molar refractivity (Wildman–Crippen MR) is 105 cm³/mol. The fourth-order valence-electron chi connectivity index (χ4n) is 2.72. The second kappa shape index (κ2) is 8.83. The van der Waals surface area contributed by atoms with Gasteiger partial charge < -0.3 is 10.1 Å². The Hall–Kier alpha value is -3.26. The van der Waals surface area contributed by atoms with Crippen LogP contribution in [0.4, 0.5) is 14.5 Å². The standard InChI is InChI=1S/C20H16ClF2N3O3/c1-29-20(28)14-4-2-3-5-17(14)26-19(27)18(21)16(11-25-26)24-9-8-12-6-7-13(22)10-15(12)23/h2-7,10-11,24H,8-9H2,1H3. The number of ether oxygens (including phenoxy) is 1. The lowest BCUT2D eigenvalue weighted by molar-refractivity contribution is 0.0600. The number of hydrogen-bond donors (Lipinski definition) is 1. The zero-order valence-electron chi connectivity index (χ0n) is 15.3. The Bertz CT molecular complexity index is 1120. The highest BCUT2D eigenvalue weighted by Gasteiger charge is 2.17. The van der Waals surface area contributed by atoms with E-state index in [9.17, 15) is 18.4 Å². The zero-order valence-corrected chi connectivity index (χ0v) is 16.0. The molecule has 0 aliphatic carbocycles. The van der Waals surface area contributed by atoms with Crippen molar-refractivity contribution in [3.63, 3.8) is 0 Å². The Morgan fingerprint density at radius 3 is 2.72 bits per heavy atom. The first-order valence-electron chi connectivity index (χ1n) is 8.55. The quantitative estimate of drug-likeness (QED) is 0.618. The molecule has 9 heteroatoms. The van der Waals surface area contributed by atoms with Crippen molar-refractivity contribution in [1.29, 1.82) is 0 Å². The van der Waals surface area contributed by atoms with E-state index in [0.717, 1.165) is 10.7 Å². The smallest absolute Gasteiger partial charge is 0.340 e. The first kappa shape index (κ1) is 20.5. The number of carbonyl (C=O) groups is 1. The van der Waals surface area contributed by atoms with Crippen molar-refractivity contribution in [3.05, 3.63) is 86.8 Å². The van der Waals surface area contributed by atoms with Gasteiger partial charge in [0.1, 0.15) is 16.7 Å². The maximum absolute atomic E-state index is 13.7. The van der Waals surface area contributed by atoms with E-state index in [1.165, 1.54) is 31.5 Å². The highest BCUT2D eigenvalue weighted by Crippen LogP contribution is 2.19. The number of hydrogen-bond acceptors (Lipinski definition) is 5. The normalized spacial score (nSPS) is 10.6. The summed E-state index contributed by atoms with van der Waals surface area (Å²) in [7, 11) is 1.24. The number of para-hydroxylation sites is 1. The average molecular weight is 420 g/mol. The van der Waals surface area contributed by atoms with Gasteiger partial charge in [0.2, 0.25) is 0 Å². The van der Waals surface area contributed by atoms with Crippen LogP contribution in [0.5, 0.6) is 0 Å². The van der Waals surface area contributed by atoms with Crippen molar-refractivity contribution in [1.82, 2.24) is 9.78 Å². The summed E-state index contributed by atoms with van der Waals surface area (Å²) in [6.45, 7) is 0.242. The largest absolute Gasteiger partial charge is 0.465 e. The molecule has 0 aliphatic rings. The summed E-state index contributed by atoms with van der Waals surface area (Å²) in [5.41, 5.74) is 0.328. The third-order valence-electron chi connectivity index (χ3n) is 4.18. The molecule has 0 amide bonds. The number of nitrogens with zero attached hydrogens (tertiary/aromatic N) is 2. The van der Waals surface area contributed by atoms with E-state index < -0.39 is 23.2 Å². The van der Waals surface area contributed by atoms with Crippen LogP contribution >= 0.6 is 11.6 Å². The molecule has 0 bridgehead atoms. The summed E-state index contributed by atoms with van der Waals surface area (Å²) in [4.78, 5) is 24.6. The van der Waals surface area contributed by atoms with Crippen LogP contribution < -0.4 is 10.9 Å². The molecule has 6 nitrogen and oxygen atoms in total. The molecule has 29 heavy (non-hydrogen) atoms. The molecule has 2 aromatic carbocycles. The Morgan fingerprint density at radius 2 is 2.00 bits per heavy atom. The lowest BCUT2D eigenvalue weighted by atomic mass is 10.1. The molecule has 0 fully saturated rings.